The number of carbonyl (C=O) groups is 1. The molecule has 1 fully saturated rings. The SMILES string of the molecule is CN=C(NCc1ccc(OCCOC)cc1)NC1CCN(C(=O)C(C)C)C1. The summed E-state index contributed by atoms with van der Waals surface area (Å²) in [5, 5.41) is 6.74. The van der Waals surface area contributed by atoms with E-state index in [0.717, 1.165) is 36.8 Å². The van der Waals surface area contributed by atoms with Crippen molar-refractivity contribution < 1.29 is 14.3 Å². The Morgan fingerprint density at radius 2 is 2.04 bits per heavy atom. The average molecular weight is 377 g/mol. The van der Waals surface area contributed by atoms with Crippen LogP contribution in [0.25, 0.3) is 0 Å². The fraction of sp³-hybridized carbons (Fsp3) is 0.600. The number of likely N-dealkylation sites (tertiary alicyclic amines) is 1. The molecule has 1 aliphatic heterocycles. The highest BCUT2D eigenvalue weighted by molar-refractivity contribution is 5.81. The van der Waals surface area contributed by atoms with Gasteiger partial charge in [-0.25, -0.2) is 0 Å². The molecule has 0 aliphatic carbocycles. The van der Waals surface area contributed by atoms with E-state index < -0.39 is 0 Å². The summed E-state index contributed by atoms with van der Waals surface area (Å²) in [5.41, 5.74) is 1.14. The molecule has 0 radical (unpaired) electrons. The third kappa shape index (κ3) is 6.75. The average Bonchev–Trinajstić information content (AvgIpc) is 3.14. The Kier molecular flexibility index (Phi) is 8.39. The highest BCUT2D eigenvalue weighted by Gasteiger charge is 2.27. The first-order valence-corrected chi connectivity index (χ1v) is 9.50. The van der Waals surface area contributed by atoms with Crippen molar-refractivity contribution in [1.82, 2.24) is 15.5 Å². The van der Waals surface area contributed by atoms with E-state index in [1.807, 2.05) is 43.0 Å². The van der Waals surface area contributed by atoms with Crippen molar-refractivity contribution in [2.45, 2.75) is 32.9 Å². The van der Waals surface area contributed by atoms with Crippen LogP contribution in [0.4, 0.5) is 0 Å². The van der Waals surface area contributed by atoms with Gasteiger partial charge in [-0.15, -0.1) is 0 Å². The number of nitrogens with zero attached hydrogens (tertiary/aromatic N) is 2. The Balaban J connectivity index is 1.76. The van der Waals surface area contributed by atoms with Gasteiger partial charge in [0, 0.05) is 45.8 Å². The molecule has 1 amide bonds. The molecule has 2 N–H and O–H groups in total. The Morgan fingerprint density at radius 3 is 2.67 bits per heavy atom. The van der Waals surface area contributed by atoms with Gasteiger partial charge in [0.2, 0.25) is 5.91 Å². The van der Waals surface area contributed by atoms with Gasteiger partial charge in [-0.2, -0.15) is 0 Å². The second-order valence-corrected chi connectivity index (χ2v) is 6.98. The van der Waals surface area contributed by atoms with E-state index in [1.165, 1.54) is 0 Å². The van der Waals surface area contributed by atoms with E-state index in [1.54, 1.807) is 14.2 Å². The van der Waals surface area contributed by atoms with Gasteiger partial charge in [0.05, 0.1) is 6.61 Å². The van der Waals surface area contributed by atoms with Gasteiger partial charge in [0.15, 0.2) is 5.96 Å². The first-order chi connectivity index (χ1) is 13.0. The summed E-state index contributed by atoms with van der Waals surface area (Å²) in [6.45, 7) is 7.20. The lowest BCUT2D eigenvalue weighted by Gasteiger charge is -2.20. The lowest BCUT2D eigenvalue weighted by molar-refractivity contribution is -0.133. The van der Waals surface area contributed by atoms with Crippen molar-refractivity contribution in [3.63, 3.8) is 0 Å². The summed E-state index contributed by atoms with van der Waals surface area (Å²) in [5.74, 6) is 1.84. The predicted octanol–water partition coefficient (Wildman–Crippen LogP) is 1.63. The van der Waals surface area contributed by atoms with Crippen molar-refractivity contribution in [2.75, 3.05) is 40.5 Å². The molecule has 27 heavy (non-hydrogen) atoms. The highest BCUT2D eigenvalue weighted by atomic mass is 16.5. The number of nitrogens with one attached hydrogen (secondary N) is 2. The van der Waals surface area contributed by atoms with Crippen molar-refractivity contribution in [2.24, 2.45) is 10.9 Å². The van der Waals surface area contributed by atoms with E-state index in [0.29, 0.717) is 19.8 Å². The molecule has 1 saturated heterocycles. The smallest absolute Gasteiger partial charge is 0.225 e. The van der Waals surface area contributed by atoms with Crippen LogP contribution in [0.3, 0.4) is 0 Å². The monoisotopic (exact) mass is 376 g/mol. The van der Waals surface area contributed by atoms with Crippen molar-refractivity contribution in [3.05, 3.63) is 29.8 Å². The van der Waals surface area contributed by atoms with E-state index >= 15 is 0 Å². The molecule has 0 saturated carbocycles. The van der Waals surface area contributed by atoms with Crippen LogP contribution in [0.1, 0.15) is 25.8 Å². The van der Waals surface area contributed by atoms with E-state index in [-0.39, 0.29) is 17.9 Å². The molecule has 1 atom stereocenters. The van der Waals surface area contributed by atoms with Crippen LogP contribution < -0.4 is 15.4 Å². The summed E-state index contributed by atoms with van der Waals surface area (Å²) in [6, 6.07) is 8.20. The molecular formula is C20H32N4O3. The lowest BCUT2D eigenvalue weighted by atomic mass is 10.2. The Bertz CT molecular complexity index is 616. The zero-order valence-corrected chi connectivity index (χ0v) is 16.8. The molecule has 7 heteroatoms. The van der Waals surface area contributed by atoms with E-state index in [2.05, 4.69) is 15.6 Å². The summed E-state index contributed by atoms with van der Waals surface area (Å²) < 4.78 is 10.5. The molecule has 2 rings (SSSR count). The number of benzene rings is 1. The number of aliphatic imine (C=N–C) groups is 1. The first-order valence-electron chi connectivity index (χ1n) is 9.50. The van der Waals surface area contributed by atoms with Gasteiger partial charge in [0.1, 0.15) is 12.4 Å². The minimum absolute atomic E-state index is 0.0441. The third-order valence-electron chi connectivity index (χ3n) is 4.50. The number of guanidine groups is 1. The second-order valence-electron chi connectivity index (χ2n) is 6.98. The van der Waals surface area contributed by atoms with Crippen LogP contribution in [0.15, 0.2) is 29.3 Å². The maximum Gasteiger partial charge on any atom is 0.225 e. The van der Waals surface area contributed by atoms with Gasteiger partial charge in [-0.3, -0.25) is 9.79 Å². The van der Waals surface area contributed by atoms with Crippen LogP contribution in [0.2, 0.25) is 0 Å². The van der Waals surface area contributed by atoms with E-state index in [4.69, 9.17) is 9.47 Å². The van der Waals surface area contributed by atoms with Crippen LogP contribution in [0.5, 0.6) is 5.75 Å². The van der Waals surface area contributed by atoms with Gasteiger partial charge in [-0.05, 0) is 24.1 Å². The van der Waals surface area contributed by atoms with Crippen molar-refractivity contribution in [3.8, 4) is 5.75 Å². The number of rotatable bonds is 8. The Hall–Kier alpha value is -2.28. The lowest BCUT2D eigenvalue weighted by Crippen LogP contribution is -2.45. The number of methoxy groups -OCH3 is 1. The van der Waals surface area contributed by atoms with Gasteiger partial charge in [0.25, 0.3) is 0 Å². The van der Waals surface area contributed by atoms with Crippen LogP contribution in [-0.4, -0.2) is 63.3 Å². The third-order valence-corrected chi connectivity index (χ3v) is 4.50. The molecule has 1 unspecified atom stereocenters. The standard InChI is InChI=1S/C20H32N4O3/c1-15(2)19(25)24-10-9-17(14-24)23-20(21-3)22-13-16-5-7-18(8-6-16)27-12-11-26-4/h5-8,15,17H,9-14H2,1-4H3,(H2,21,22,23). The Morgan fingerprint density at radius 1 is 1.30 bits per heavy atom. The largest absolute Gasteiger partial charge is 0.491 e. The number of ether oxygens (including phenoxy) is 2. The van der Waals surface area contributed by atoms with E-state index in [9.17, 15) is 4.79 Å². The Labute approximate surface area is 162 Å². The molecular weight excluding hydrogens is 344 g/mol. The molecule has 1 aromatic rings. The summed E-state index contributed by atoms with van der Waals surface area (Å²) in [6.07, 6.45) is 0.937. The molecule has 150 valence electrons. The summed E-state index contributed by atoms with van der Waals surface area (Å²) >= 11 is 0. The van der Waals surface area contributed by atoms with Gasteiger partial charge in [-0.1, -0.05) is 26.0 Å². The van der Waals surface area contributed by atoms with Crippen molar-refractivity contribution >= 4 is 11.9 Å². The van der Waals surface area contributed by atoms with Gasteiger partial charge < -0.3 is 25.0 Å². The summed E-state index contributed by atoms with van der Waals surface area (Å²) in [7, 11) is 3.42. The molecule has 7 nitrogen and oxygen atoms in total. The maximum absolute atomic E-state index is 12.1. The number of amides is 1. The van der Waals surface area contributed by atoms with Crippen LogP contribution in [0, 0.1) is 5.92 Å². The fourth-order valence-electron chi connectivity index (χ4n) is 2.96. The predicted molar refractivity (Wildman–Crippen MR) is 107 cm³/mol. The number of carbonyl (C=O) groups excluding carboxylic acids is 1. The topological polar surface area (TPSA) is 75.2 Å². The first kappa shape index (κ1) is 21.0. The quantitative estimate of drug-likeness (QED) is 0.410. The number of hydrogen-bond acceptors (Lipinski definition) is 4. The fourth-order valence-corrected chi connectivity index (χ4v) is 2.96. The second kappa shape index (κ2) is 10.8. The van der Waals surface area contributed by atoms with Crippen LogP contribution >= 0.6 is 0 Å². The molecule has 0 spiro atoms. The minimum Gasteiger partial charge on any atom is -0.491 e. The molecule has 1 aromatic carbocycles. The maximum atomic E-state index is 12.1. The van der Waals surface area contributed by atoms with Crippen molar-refractivity contribution in [1.29, 1.82) is 0 Å². The summed E-state index contributed by atoms with van der Waals surface area (Å²) in [4.78, 5) is 18.3. The molecule has 0 bridgehead atoms. The molecule has 1 heterocycles. The van der Waals surface area contributed by atoms with Crippen LogP contribution in [-0.2, 0) is 16.1 Å². The zero-order chi connectivity index (χ0) is 19.6. The molecule has 1 aliphatic rings. The minimum atomic E-state index is 0.0441. The number of hydrogen-bond donors (Lipinski definition) is 2. The van der Waals surface area contributed by atoms with Gasteiger partial charge >= 0.3 is 0 Å². The normalized spacial score (nSPS) is 17.3. The highest BCUT2D eigenvalue weighted by Crippen LogP contribution is 2.13. The zero-order valence-electron chi connectivity index (χ0n) is 16.8. The molecule has 0 aromatic heterocycles.